The van der Waals surface area contributed by atoms with Gasteiger partial charge in [0.1, 0.15) is 5.75 Å². The number of amides is 1. The number of carbonyl (C=O) groups is 1. The van der Waals surface area contributed by atoms with Crippen LogP contribution in [0.3, 0.4) is 0 Å². The van der Waals surface area contributed by atoms with Crippen molar-refractivity contribution < 1.29 is 19.0 Å². The van der Waals surface area contributed by atoms with Crippen molar-refractivity contribution in [1.82, 2.24) is 5.32 Å². The van der Waals surface area contributed by atoms with Gasteiger partial charge in [0.2, 0.25) is 0 Å². The molecule has 1 atom stereocenters. The van der Waals surface area contributed by atoms with Crippen molar-refractivity contribution in [3.63, 3.8) is 0 Å². The monoisotopic (exact) mass is 371 g/mol. The van der Waals surface area contributed by atoms with Gasteiger partial charge in [0.25, 0.3) is 5.91 Å². The van der Waals surface area contributed by atoms with Gasteiger partial charge in [0, 0.05) is 5.56 Å². The summed E-state index contributed by atoms with van der Waals surface area (Å²) in [4.78, 5) is 12.6. The number of ether oxygens (including phenoxy) is 3. The van der Waals surface area contributed by atoms with Crippen molar-refractivity contribution >= 4 is 5.91 Å². The number of rotatable bonds is 9. The second-order valence-corrected chi connectivity index (χ2v) is 6.18. The summed E-state index contributed by atoms with van der Waals surface area (Å²) >= 11 is 0. The molecule has 0 heterocycles. The summed E-state index contributed by atoms with van der Waals surface area (Å²) in [5.74, 6) is 2.08. The molecule has 2 aromatic carbocycles. The van der Waals surface area contributed by atoms with Crippen molar-refractivity contribution in [1.29, 1.82) is 0 Å². The third-order valence-corrected chi connectivity index (χ3v) is 4.15. The maximum Gasteiger partial charge on any atom is 0.251 e. The van der Waals surface area contributed by atoms with Crippen molar-refractivity contribution in [3.8, 4) is 17.2 Å². The van der Waals surface area contributed by atoms with E-state index in [1.807, 2.05) is 65.0 Å². The highest BCUT2D eigenvalue weighted by molar-refractivity contribution is 5.94. The molecule has 0 saturated heterocycles. The lowest BCUT2D eigenvalue weighted by Crippen LogP contribution is -2.26. The molecule has 5 heteroatoms. The molecule has 0 aliphatic heterocycles. The third kappa shape index (κ3) is 5.39. The summed E-state index contributed by atoms with van der Waals surface area (Å²) < 4.78 is 16.8. The molecule has 0 aromatic heterocycles. The molecular weight excluding hydrogens is 342 g/mol. The van der Waals surface area contributed by atoms with Crippen LogP contribution in [0, 0.1) is 6.92 Å². The Morgan fingerprint density at radius 1 is 0.889 bits per heavy atom. The second-order valence-electron chi connectivity index (χ2n) is 6.18. The van der Waals surface area contributed by atoms with Crippen LogP contribution < -0.4 is 19.5 Å². The van der Waals surface area contributed by atoms with Crippen LogP contribution in [0.15, 0.2) is 36.4 Å². The van der Waals surface area contributed by atoms with Crippen LogP contribution in [0.1, 0.15) is 55.2 Å². The van der Waals surface area contributed by atoms with E-state index in [2.05, 4.69) is 5.32 Å². The Morgan fingerprint density at radius 2 is 1.48 bits per heavy atom. The van der Waals surface area contributed by atoms with E-state index >= 15 is 0 Å². The fraction of sp³-hybridized carbons (Fsp3) is 0.409. The molecule has 0 bridgehead atoms. The minimum absolute atomic E-state index is 0.125. The van der Waals surface area contributed by atoms with Crippen LogP contribution >= 0.6 is 0 Å². The fourth-order valence-corrected chi connectivity index (χ4v) is 2.81. The molecule has 1 N–H and O–H groups in total. The minimum Gasteiger partial charge on any atom is -0.494 e. The largest absolute Gasteiger partial charge is 0.494 e. The number of carbonyl (C=O) groups excluding carboxylic acids is 1. The molecule has 2 rings (SSSR count). The van der Waals surface area contributed by atoms with Gasteiger partial charge in [-0.3, -0.25) is 4.79 Å². The SMILES string of the molecule is CCOc1ccc(C(=O)NC(C)c2ccc(OCC)c(OCC)c2)cc1C. The molecule has 146 valence electrons. The normalized spacial score (nSPS) is 11.6. The molecule has 2 aromatic rings. The lowest BCUT2D eigenvalue weighted by molar-refractivity contribution is 0.0939. The molecule has 27 heavy (non-hydrogen) atoms. The Hall–Kier alpha value is -2.69. The van der Waals surface area contributed by atoms with Crippen molar-refractivity contribution in [2.24, 2.45) is 0 Å². The lowest BCUT2D eigenvalue weighted by atomic mass is 10.1. The van der Waals surface area contributed by atoms with Gasteiger partial charge >= 0.3 is 0 Å². The minimum atomic E-state index is -0.167. The average molecular weight is 371 g/mol. The molecule has 1 unspecified atom stereocenters. The first-order valence-electron chi connectivity index (χ1n) is 9.43. The van der Waals surface area contributed by atoms with E-state index in [1.165, 1.54) is 0 Å². The predicted octanol–water partition coefficient (Wildman–Crippen LogP) is 4.68. The molecule has 0 spiro atoms. The van der Waals surface area contributed by atoms with Gasteiger partial charge in [-0.15, -0.1) is 0 Å². The summed E-state index contributed by atoms with van der Waals surface area (Å²) in [7, 11) is 0. The Balaban J connectivity index is 2.14. The number of aryl methyl sites for hydroxylation is 1. The smallest absolute Gasteiger partial charge is 0.251 e. The van der Waals surface area contributed by atoms with Crippen LogP contribution in [0.5, 0.6) is 17.2 Å². The first-order chi connectivity index (χ1) is 13.0. The van der Waals surface area contributed by atoms with Crippen molar-refractivity contribution in [3.05, 3.63) is 53.1 Å². The number of hydrogen-bond acceptors (Lipinski definition) is 4. The molecule has 0 saturated carbocycles. The van der Waals surface area contributed by atoms with Crippen LogP contribution in [0.4, 0.5) is 0 Å². The van der Waals surface area contributed by atoms with Gasteiger partial charge in [-0.25, -0.2) is 0 Å². The molecule has 0 aliphatic rings. The van der Waals surface area contributed by atoms with E-state index in [0.29, 0.717) is 36.9 Å². The summed E-state index contributed by atoms with van der Waals surface area (Å²) in [6.45, 7) is 11.4. The van der Waals surface area contributed by atoms with Gasteiger partial charge in [-0.2, -0.15) is 0 Å². The summed E-state index contributed by atoms with van der Waals surface area (Å²) in [5, 5.41) is 3.04. The number of benzene rings is 2. The molecular formula is C22H29NO4. The van der Waals surface area contributed by atoms with Gasteiger partial charge in [0.05, 0.1) is 25.9 Å². The predicted molar refractivity (Wildman–Crippen MR) is 107 cm³/mol. The summed E-state index contributed by atoms with van der Waals surface area (Å²) in [5.41, 5.74) is 2.51. The van der Waals surface area contributed by atoms with Crippen LogP contribution in [0.2, 0.25) is 0 Å². The first-order valence-corrected chi connectivity index (χ1v) is 9.43. The Labute approximate surface area is 161 Å². The maximum absolute atomic E-state index is 12.6. The summed E-state index contributed by atoms with van der Waals surface area (Å²) in [6.07, 6.45) is 0. The van der Waals surface area contributed by atoms with Crippen molar-refractivity contribution in [2.75, 3.05) is 19.8 Å². The second kappa shape index (κ2) is 9.86. The van der Waals surface area contributed by atoms with Crippen molar-refractivity contribution in [2.45, 2.75) is 40.7 Å². The van der Waals surface area contributed by atoms with Crippen LogP contribution in [-0.2, 0) is 0 Å². The number of hydrogen-bond donors (Lipinski definition) is 1. The fourth-order valence-electron chi connectivity index (χ4n) is 2.81. The highest BCUT2D eigenvalue weighted by Gasteiger charge is 2.15. The van der Waals surface area contributed by atoms with Gasteiger partial charge in [0.15, 0.2) is 11.5 Å². The quantitative estimate of drug-likeness (QED) is 0.695. The van der Waals surface area contributed by atoms with E-state index in [-0.39, 0.29) is 11.9 Å². The van der Waals surface area contributed by atoms with E-state index in [0.717, 1.165) is 16.9 Å². The van der Waals surface area contributed by atoms with Crippen LogP contribution in [-0.4, -0.2) is 25.7 Å². The topological polar surface area (TPSA) is 56.8 Å². The Bertz CT molecular complexity index is 773. The molecule has 5 nitrogen and oxygen atoms in total. The third-order valence-electron chi connectivity index (χ3n) is 4.15. The Morgan fingerprint density at radius 3 is 2.11 bits per heavy atom. The van der Waals surface area contributed by atoms with Gasteiger partial charge < -0.3 is 19.5 Å². The number of nitrogens with one attached hydrogen (secondary N) is 1. The maximum atomic E-state index is 12.6. The van der Waals surface area contributed by atoms with E-state index in [9.17, 15) is 4.79 Å². The highest BCUT2D eigenvalue weighted by Crippen LogP contribution is 2.31. The van der Waals surface area contributed by atoms with Crippen LogP contribution in [0.25, 0.3) is 0 Å². The highest BCUT2D eigenvalue weighted by atomic mass is 16.5. The van der Waals surface area contributed by atoms with E-state index in [4.69, 9.17) is 14.2 Å². The molecule has 0 fully saturated rings. The summed E-state index contributed by atoms with van der Waals surface area (Å²) in [6, 6.07) is 11.0. The Kier molecular flexibility index (Phi) is 7.53. The zero-order chi connectivity index (χ0) is 19.8. The van der Waals surface area contributed by atoms with E-state index < -0.39 is 0 Å². The standard InChI is InChI=1S/C22H29NO4/c1-6-25-19-11-10-18(13-15(19)4)22(24)23-16(5)17-9-12-20(26-7-2)21(14-17)27-8-3/h9-14,16H,6-8H2,1-5H3,(H,23,24). The first kappa shape index (κ1) is 20.6. The lowest BCUT2D eigenvalue weighted by Gasteiger charge is -2.18. The van der Waals surface area contributed by atoms with Gasteiger partial charge in [-0.1, -0.05) is 6.07 Å². The molecule has 0 aliphatic carbocycles. The zero-order valence-electron chi connectivity index (χ0n) is 16.8. The van der Waals surface area contributed by atoms with E-state index in [1.54, 1.807) is 6.07 Å². The average Bonchev–Trinajstić information content (AvgIpc) is 2.65. The zero-order valence-corrected chi connectivity index (χ0v) is 16.8. The molecule has 0 radical (unpaired) electrons. The molecule has 1 amide bonds. The van der Waals surface area contributed by atoms with Gasteiger partial charge in [-0.05, 0) is 76.1 Å².